The summed E-state index contributed by atoms with van der Waals surface area (Å²) in [5, 5.41) is 12.4. The first-order chi connectivity index (χ1) is 11.8. The maximum atomic E-state index is 10.2. The van der Waals surface area contributed by atoms with E-state index in [4.69, 9.17) is 9.47 Å². The monoisotopic (exact) mass is 336 g/mol. The zero-order chi connectivity index (χ0) is 16.6. The molecule has 0 spiro atoms. The Morgan fingerprint density at radius 3 is 3.00 bits per heavy atom. The van der Waals surface area contributed by atoms with E-state index >= 15 is 0 Å². The average Bonchev–Trinajstić information content (AvgIpc) is 2.64. The van der Waals surface area contributed by atoms with E-state index in [-0.39, 0.29) is 6.10 Å². The van der Waals surface area contributed by atoms with Crippen molar-refractivity contribution in [3.05, 3.63) is 35.4 Å². The van der Waals surface area contributed by atoms with Crippen molar-refractivity contribution in [2.45, 2.75) is 31.5 Å². The molecule has 4 N–H and O–H groups in total. The molecule has 1 aromatic rings. The minimum absolute atomic E-state index is 0.155. The summed E-state index contributed by atoms with van der Waals surface area (Å²) in [6, 6.07) is 8.55. The first kappa shape index (κ1) is 17.8. The van der Waals surface area contributed by atoms with Crippen LogP contribution in [0, 0.1) is 0 Å². The number of morpholine rings is 1. The minimum Gasteiger partial charge on any atom is -0.385 e. The SMILES string of the molecule is O[C@H](C[NH2+]CC[NH+]1CCOCC1)CO[C@@H]1CCCc2ccccc21. The van der Waals surface area contributed by atoms with Crippen molar-refractivity contribution in [2.24, 2.45) is 0 Å². The summed E-state index contributed by atoms with van der Waals surface area (Å²) in [6.07, 6.45) is 3.15. The highest BCUT2D eigenvalue weighted by atomic mass is 16.5. The lowest BCUT2D eigenvalue weighted by Crippen LogP contribution is -3.16. The normalized spacial score (nSPS) is 23.0. The Morgan fingerprint density at radius 2 is 2.12 bits per heavy atom. The summed E-state index contributed by atoms with van der Waals surface area (Å²) in [5.74, 6) is 0. The molecule has 3 rings (SSSR count). The van der Waals surface area contributed by atoms with Crippen LogP contribution in [0.3, 0.4) is 0 Å². The second-order valence-electron chi connectivity index (χ2n) is 6.99. The smallest absolute Gasteiger partial charge is 0.127 e. The van der Waals surface area contributed by atoms with Crippen molar-refractivity contribution >= 4 is 0 Å². The van der Waals surface area contributed by atoms with Crippen molar-refractivity contribution < 1.29 is 24.8 Å². The highest BCUT2D eigenvalue weighted by Crippen LogP contribution is 2.32. The molecule has 1 saturated heterocycles. The van der Waals surface area contributed by atoms with Crippen LogP contribution in [0.4, 0.5) is 0 Å². The number of aryl methyl sites for hydroxylation is 1. The van der Waals surface area contributed by atoms with Gasteiger partial charge in [-0.25, -0.2) is 0 Å². The Hall–Kier alpha value is -0.980. The van der Waals surface area contributed by atoms with E-state index in [9.17, 15) is 5.11 Å². The summed E-state index contributed by atoms with van der Waals surface area (Å²) in [7, 11) is 0. The molecule has 2 aliphatic rings. The largest absolute Gasteiger partial charge is 0.385 e. The molecule has 1 heterocycles. The predicted molar refractivity (Wildman–Crippen MR) is 92.1 cm³/mol. The van der Waals surface area contributed by atoms with Gasteiger partial charge in [0.2, 0.25) is 0 Å². The number of hydrogen-bond donors (Lipinski definition) is 3. The zero-order valence-corrected chi connectivity index (χ0v) is 14.6. The van der Waals surface area contributed by atoms with Gasteiger partial charge in [-0.15, -0.1) is 0 Å². The molecule has 0 aromatic heterocycles. The van der Waals surface area contributed by atoms with Gasteiger partial charge in [-0.05, 0) is 30.4 Å². The zero-order valence-electron chi connectivity index (χ0n) is 14.6. The van der Waals surface area contributed by atoms with Crippen molar-refractivity contribution in [2.75, 3.05) is 52.5 Å². The van der Waals surface area contributed by atoms with Crippen molar-refractivity contribution in [1.29, 1.82) is 0 Å². The number of quaternary nitrogens is 2. The molecule has 5 heteroatoms. The summed E-state index contributed by atoms with van der Waals surface area (Å²) < 4.78 is 11.4. The van der Waals surface area contributed by atoms with Gasteiger partial charge in [0.05, 0.1) is 25.9 Å². The van der Waals surface area contributed by atoms with Gasteiger partial charge in [-0.1, -0.05) is 24.3 Å². The van der Waals surface area contributed by atoms with Gasteiger partial charge < -0.3 is 24.8 Å². The molecular formula is C19H32N2O3+2. The number of aliphatic hydroxyl groups excluding tert-OH is 1. The lowest BCUT2D eigenvalue weighted by Gasteiger charge is -2.26. The number of rotatable bonds is 8. The van der Waals surface area contributed by atoms with Crippen LogP contribution in [0.25, 0.3) is 0 Å². The van der Waals surface area contributed by atoms with Crippen LogP contribution in [0.1, 0.15) is 30.1 Å². The van der Waals surface area contributed by atoms with Gasteiger partial charge in [-0.2, -0.15) is 0 Å². The molecule has 0 amide bonds. The van der Waals surface area contributed by atoms with Gasteiger partial charge >= 0.3 is 0 Å². The number of fused-ring (bicyclic) bond motifs is 1. The van der Waals surface area contributed by atoms with E-state index in [1.807, 2.05) is 0 Å². The fourth-order valence-electron chi connectivity index (χ4n) is 3.70. The van der Waals surface area contributed by atoms with E-state index in [0.717, 1.165) is 58.8 Å². The van der Waals surface area contributed by atoms with Gasteiger partial charge in [-0.3, -0.25) is 0 Å². The van der Waals surface area contributed by atoms with Crippen molar-refractivity contribution in [3.8, 4) is 0 Å². The third kappa shape index (κ3) is 5.26. The van der Waals surface area contributed by atoms with Gasteiger partial charge in [0.1, 0.15) is 38.8 Å². The number of ether oxygens (including phenoxy) is 2. The molecule has 0 radical (unpaired) electrons. The summed E-state index contributed by atoms with van der Waals surface area (Å²) in [4.78, 5) is 1.61. The van der Waals surface area contributed by atoms with Crippen LogP contribution in [0.5, 0.6) is 0 Å². The maximum Gasteiger partial charge on any atom is 0.127 e. The van der Waals surface area contributed by atoms with Gasteiger partial charge in [0, 0.05) is 0 Å². The third-order valence-corrected chi connectivity index (χ3v) is 5.14. The van der Waals surface area contributed by atoms with Crippen molar-refractivity contribution in [3.63, 3.8) is 0 Å². The number of benzene rings is 1. The average molecular weight is 336 g/mol. The topological polar surface area (TPSA) is 59.7 Å². The molecule has 0 saturated carbocycles. The first-order valence-electron chi connectivity index (χ1n) is 9.43. The third-order valence-electron chi connectivity index (χ3n) is 5.14. The predicted octanol–water partition coefficient (Wildman–Crippen LogP) is -1.08. The lowest BCUT2D eigenvalue weighted by atomic mass is 9.89. The Morgan fingerprint density at radius 1 is 1.29 bits per heavy atom. The summed E-state index contributed by atoms with van der Waals surface area (Å²) >= 11 is 0. The van der Waals surface area contributed by atoms with Gasteiger partial charge in [0.25, 0.3) is 0 Å². The molecule has 0 unspecified atom stereocenters. The van der Waals surface area contributed by atoms with E-state index in [1.165, 1.54) is 17.5 Å². The fraction of sp³-hybridized carbons (Fsp3) is 0.684. The summed E-state index contributed by atoms with van der Waals surface area (Å²) in [5.41, 5.74) is 2.72. The molecule has 1 aliphatic carbocycles. The van der Waals surface area contributed by atoms with Crippen LogP contribution >= 0.6 is 0 Å². The number of hydrogen-bond acceptors (Lipinski definition) is 3. The van der Waals surface area contributed by atoms with Crippen LogP contribution < -0.4 is 10.2 Å². The molecule has 5 nitrogen and oxygen atoms in total. The second-order valence-corrected chi connectivity index (χ2v) is 6.99. The number of nitrogens with one attached hydrogen (secondary N) is 1. The first-order valence-corrected chi connectivity index (χ1v) is 9.43. The standard InChI is InChI=1S/C19H30N2O3/c22-17(14-20-8-9-21-10-12-23-13-11-21)15-24-19-7-3-5-16-4-1-2-6-18(16)19/h1-2,4,6,17,19-20,22H,3,5,7-15H2/p+2/t17-,19-/m1/s1. The van der Waals surface area contributed by atoms with Crippen LogP contribution in [0.15, 0.2) is 24.3 Å². The lowest BCUT2D eigenvalue weighted by molar-refractivity contribution is -0.919. The van der Waals surface area contributed by atoms with E-state index in [0.29, 0.717) is 6.61 Å². The number of aliphatic hydroxyl groups is 1. The second kappa shape index (κ2) is 9.49. The molecular weight excluding hydrogens is 304 g/mol. The molecule has 2 atom stereocenters. The Kier molecular flexibility index (Phi) is 7.05. The van der Waals surface area contributed by atoms with Gasteiger partial charge in [0.15, 0.2) is 0 Å². The van der Waals surface area contributed by atoms with E-state index in [2.05, 4.69) is 29.6 Å². The highest BCUT2D eigenvalue weighted by molar-refractivity contribution is 5.31. The van der Waals surface area contributed by atoms with Crippen LogP contribution in [-0.2, 0) is 15.9 Å². The van der Waals surface area contributed by atoms with Crippen LogP contribution in [-0.4, -0.2) is 63.8 Å². The quantitative estimate of drug-likeness (QED) is 0.529. The Bertz CT molecular complexity index is 491. The molecule has 1 aromatic carbocycles. The van der Waals surface area contributed by atoms with Crippen molar-refractivity contribution in [1.82, 2.24) is 0 Å². The molecule has 24 heavy (non-hydrogen) atoms. The molecule has 134 valence electrons. The number of nitrogens with two attached hydrogens (primary N) is 1. The summed E-state index contributed by atoms with van der Waals surface area (Å²) in [6.45, 7) is 7.34. The van der Waals surface area contributed by atoms with Crippen LogP contribution in [0.2, 0.25) is 0 Å². The van der Waals surface area contributed by atoms with E-state index < -0.39 is 6.10 Å². The minimum atomic E-state index is -0.390. The Balaban J connectivity index is 1.32. The highest BCUT2D eigenvalue weighted by Gasteiger charge is 2.21. The molecule has 1 aliphatic heterocycles. The Labute approximate surface area is 144 Å². The van der Waals surface area contributed by atoms with E-state index in [1.54, 1.807) is 4.90 Å². The molecule has 1 fully saturated rings. The fourth-order valence-corrected chi connectivity index (χ4v) is 3.70. The maximum absolute atomic E-state index is 10.2. The molecule has 0 bridgehead atoms.